The standard InChI is InChI=1S/C13H23N3O2/c1-11-10-16(15-14-11)12(2,3)7-9-18-13(4,5)6-8-17/h8,10H,6-7,9H2,1-5H3. The minimum atomic E-state index is -0.393. The fraction of sp³-hybridized carbons (Fsp3) is 0.769. The van der Waals surface area contributed by atoms with Crippen LogP contribution in [-0.2, 0) is 15.1 Å². The van der Waals surface area contributed by atoms with E-state index >= 15 is 0 Å². The second kappa shape index (κ2) is 5.61. The molecule has 0 bridgehead atoms. The molecule has 0 saturated carbocycles. The Bertz CT molecular complexity index is 397. The van der Waals surface area contributed by atoms with Crippen LogP contribution in [0.2, 0.25) is 0 Å². The van der Waals surface area contributed by atoms with E-state index in [0.717, 1.165) is 18.4 Å². The third-order valence-electron chi connectivity index (χ3n) is 3.01. The van der Waals surface area contributed by atoms with E-state index < -0.39 is 5.60 Å². The Morgan fingerprint density at radius 1 is 1.39 bits per heavy atom. The molecule has 0 aromatic carbocycles. The number of ether oxygens (including phenoxy) is 1. The van der Waals surface area contributed by atoms with Gasteiger partial charge < -0.3 is 9.53 Å². The van der Waals surface area contributed by atoms with Crippen LogP contribution in [-0.4, -0.2) is 33.5 Å². The van der Waals surface area contributed by atoms with Gasteiger partial charge in [-0.3, -0.25) is 0 Å². The van der Waals surface area contributed by atoms with E-state index in [0.29, 0.717) is 13.0 Å². The first-order valence-electron chi connectivity index (χ1n) is 6.24. The van der Waals surface area contributed by atoms with Gasteiger partial charge >= 0.3 is 0 Å². The Hall–Kier alpha value is -1.23. The Morgan fingerprint density at radius 2 is 2.06 bits per heavy atom. The van der Waals surface area contributed by atoms with Gasteiger partial charge in [0.15, 0.2) is 0 Å². The molecule has 0 fully saturated rings. The van der Waals surface area contributed by atoms with Crippen molar-refractivity contribution in [3.63, 3.8) is 0 Å². The van der Waals surface area contributed by atoms with Gasteiger partial charge in [0.05, 0.1) is 16.8 Å². The van der Waals surface area contributed by atoms with Gasteiger partial charge in [0.2, 0.25) is 0 Å². The van der Waals surface area contributed by atoms with Crippen LogP contribution < -0.4 is 0 Å². The normalized spacial score (nSPS) is 12.7. The van der Waals surface area contributed by atoms with Gasteiger partial charge in [0, 0.05) is 19.2 Å². The predicted molar refractivity (Wildman–Crippen MR) is 69.4 cm³/mol. The molecule has 0 radical (unpaired) electrons. The molecule has 5 heteroatoms. The molecular formula is C13H23N3O2. The number of aromatic nitrogens is 3. The topological polar surface area (TPSA) is 57.0 Å². The molecule has 0 spiro atoms. The van der Waals surface area contributed by atoms with E-state index in [1.54, 1.807) is 0 Å². The van der Waals surface area contributed by atoms with E-state index in [1.807, 2.05) is 31.6 Å². The number of carbonyl (C=O) groups excluding carboxylic acids is 1. The van der Waals surface area contributed by atoms with Gasteiger partial charge in [-0.25, -0.2) is 4.68 Å². The number of aldehydes is 1. The van der Waals surface area contributed by atoms with Gasteiger partial charge in [-0.05, 0) is 41.0 Å². The molecule has 1 aromatic heterocycles. The maximum Gasteiger partial charge on any atom is 0.122 e. The van der Waals surface area contributed by atoms with Crippen molar-refractivity contribution in [2.24, 2.45) is 0 Å². The lowest BCUT2D eigenvalue weighted by Crippen LogP contribution is -2.32. The van der Waals surface area contributed by atoms with E-state index in [2.05, 4.69) is 24.2 Å². The first-order valence-corrected chi connectivity index (χ1v) is 6.24. The second-order valence-corrected chi connectivity index (χ2v) is 5.85. The highest BCUT2D eigenvalue weighted by molar-refractivity contribution is 5.51. The maximum absolute atomic E-state index is 10.5. The summed E-state index contributed by atoms with van der Waals surface area (Å²) in [6.45, 7) is 10.5. The quantitative estimate of drug-likeness (QED) is 0.698. The third kappa shape index (κ3) is 4.22. The molecule has 0 unspecified atom stereocenters. The van der Waals surface area contributed by atoms with Crippen molar-refractivity contribution >= 4 is 6.29 Å². The molecule has 0 aliphatic heterocycles. The fourth-order valence-electron chi connectivity index (χ4n) is 1.59. The van der Waals surface area contributed by atoms with Gasteiger partial charge in [-0.1, -0.05) is 5.21 Å². The summed E-state index contributed by atoms with van der Waals surface area (Å²) in [5.74, 6) is 0. The van der Waals surface area contributed by atoms with Crippen molar-refractivity contribution in [1.82, 2.24) is 15.0 Å². The van der Waals surface area contributed by atoms with Crippen molar-refractivity contribution in [1.29, 1.82) is 0 Å². The molecule has 1 rings (SSSR count). The summed E-state index contributed by atoms with van der Waals surface area (Å²) in [5, 5.41) is 8.09. The molecule has 18 heavy (non-hydrogen) atoms. The van der Waals surface area contributed by atoms with Crippen molar-refractivity contribution in [2.45, 2.75) is 58.6 Å². The number of nitrogens with zero attached hydrogens (tertiary/aromatic N) is 3. The van der Waals surface area contributed by atoms with Crippen LogP contribution in [0.5, 0.6) is 0 Å². The first-order chi connectivity index (χ1) is 8.27. The van der Waals surface area contributed by atoms with Crippen LogP contribution in [0.1, 0.15) is 46.2 Å². The molecule has 0 amide bonds. The van der Waals surface area contributed by atoms with Crippen molar-refractivity contribution in [3.05, 3.63) is 11.9 Å². The lowest BCUT2D eigenvalue weighted by atomic mass is 10.0. The number of carbonyl (C=O) groups is 1. The van der Waals surface area contributed by atoms with E-state index in [-0.39, 0.29) is 5.54 Å². The van der Waals surface area contributed by atoms with E-state index in [4.69, 9.17) is 4.74 Å². The highest BCUT2D eigenvalue weighted by atomic mass is 16.5. The average molecular weight is 253 g/mol. The van der Waals surface area contributed by atoms with Crippen LogP contribution in [0.4, 0.5) is 0 Å². The van der Waals surface area contributed by atoms with E-state index in [9.17, 15) is 4.79 Å². The Labute approximate surface area is 109 Å². The SMILES string of the molecule is Cc1cn(C(C)(C)CCOC(C)(C)CC=O)nn1. The number of hydrogen-bond donors (Lipinski definition) is 0. The molecular weight excluding hydrogens is 230 g/mol. The number of aryl methyl sites for hydroxylation is 1. The van der Waals surface area contributed by atoms with Gasteiger partial charge in [0.25, 0.3) is 0 Å². The van der Waals surface area contributed by atoms with Gasteiger partial charge in [0.1, 0.15) is 6.29 Å². The van der Waals surface area contributed by atoms with Crippen LogP contribution in [0.3, 0.4) is 0 Å². The summed E-state index contributed by atoms with van der Waals surface area (Å²) in [5.41, 5.74) is 0.375. The summed E-state index contributed by atoms with van der Waals surface area (Å²) in [7, 11) is 0. The lowest BCUT2D eigenvalue weighted by Gasteiger charge is -2.28. The molecule has 0 N–H and O–H groups in total. The third-order valence-corrected chi connectivity index (χ3v) is 3.01. The largest absolute Gasteiger partial charge is 0.375 e. The molecule has 5 nitrogen and oxygen atoms in total. The summed E-state index contributed by atoms with van der Waals surface area (Å²) < 4.78 is 7.60. The maximum atomic E-state index is 10.5. The van der Waals surface area contributed by atoms with Crippen LogP contribution in [0.25, 0.3) is 0 Å². The summed E-state index contributed by atoms with van der Waals surface area (Å²) in [4.78, 5) is 10.5. The van der Waals surface area contributed by atoms with Crippen LogP contribution in [0.15, 0.2) is 6.20 Å². The number of hydrogen-bond acceptors (Lipinski definition) is 4. The molecule has 1 heterocycles. The molecule has 0 saturated heterocycles. The first kappa shape index (κ1) is 14.8. The van der Waals surface area contributed by atoms with Crippen molar-refractivity contribution in [2.75, 3.05) is 6.61 Å². The summed E-state index contributed by atoms with van der Waals surface area (Å²) in [6, 6.07) is 0. The number of rotatable bonds is 7. The zero-order chi connectivity index (χ0) is 13.8. The fourth-order valence-corrected chi connectivity index (χ4v) is 1.59. The minimum Gasteiger partial charge on any atom is -0.375 e. The average Bonchev–Trinajstić information content (AvgIpc) is 2.64. The molecule has 0 atom stereocenters. The van der Waals surface area contributed by atoms with Gasteiger partial charge in [-0.2, -0.15) is 0 Å². The smallest absolute Gasteiger partial charge is 0.122 e. The second-order valence-electron chi connectivity index (χ2n) is 5.85. The Balaban J connectivity index is 2.50. The van der Waals surface area contributed by atoms with Crippen LogP contribution >= 0.6 is 0 Å². The van der Waals surface area contributed by atoms with Crippen molar-refractivity contribution < 1.29 is 9.53 Å². The van der Waals surface area contributed by atoms with E-state index in [1.165, 1.54) is 0 Å². The molecule has 0 aliphatic rings. The van der Waals surface area contributed by atoms with Crippen molar-refractivity contribution in [3.8, 4) is 0 Å². The van der Waals surface area contributed by atoms with Gasteiger partial charge in [-0.15, -0.1) is 5.10 Å². The molecule has 1 aromatic rings. The van der Waals surface area contributed by atoms with Crippen LogP contribution in [0, 0.1) is 6.92 Å². The highest BCUT2D eigenvalue weighted by Crippen LogP contribution is 2.21. The Kier molecular flexibility index (Phi) is 4.62. The molecule has 102 valence electrons. The Morgan fingerprint density at radius 3 is 2.56 bits per heavy atom. The monoisotopic (exact) mass is 253 g/mol. The zero-order valence-corrected chi connectivity index (χ0v) is 11.9. The predicted octanol–water partition coefficient (Wildman–Crippen LogP) is 2.10. The zero-order valence-electron chi connectivity index (χ0n) is 11.9. The molecule has 0 aliphatic carbocycles. The lowest BCUT2D eigenvalue weighted by molar-refractivity contribution is -0.114. The summed E-state index contributed by atoms with van der Waals surface area (Å²) >= 11 is 0. The highest BCUT2D eigenvalue weighted by Gasteiger charge is 2.24. The summed E-state index contributed by atoms with van der Waals surface area (Å²) in [6.07, 6.45) is 4.05. The minimum absolute atomic E-state index is 0.140.